The number of para-hydroxylation sites is 2. The van der Waals surface area contributed by atoms with Crippen molar-refractivity contribution >= 4 is 46.0 Å². The van der Waals surface area contributed by atoms with E-state index in [0.717, 1.165) is 40.7 Å². The number of likely N-dealkylation sites (tertiary alicyclic amines) is 1. The van der Waals surface area contributed by atoms with Gasteiger partial charge in [-0.25, -0.2) is 9.97 Å². The SMILES string of the molecule is C=CC(=O)N1CCC[C@@H](n2c(NC(=O)c3ccc(-c4ccnc(N)c4)s3)nc3ccccc32)CC1. The molecule has 0 bridgehead atoms. The molecule has 1 aliphatic rings. The summed E-state index contributed by atoms with van der Waals surface area (Å²) in [5, 5.41) is 3.04. The lowest BCUT2D eigenvalue weighted by Crippen LogP contribution is -2.30. The smallest absolute Gasteiger partial charge is 0.268 e. The lowest BCUT2D eigenvalue weighted by molar-refractivity contribution is -0.125. The van der Waals surface area contributed by atoms with Crippen LogP contribution >= 0.6 is 11.3 Å². The molecule has 1 aliphatic heterocycles. The van der Waals surface area contributed by atoms with E-state index in [-0.39, 0.29) is 17.9 Å². The maximum absolute atomic E-state index is 13.2. The molecule has 4 aromatic rings. The molecular formula is C26H26N6O2S. The first-order chi connectivity index (χ1) is 17.0. The quantitative estimate of drug-likeness (QED) is 0.397. The number of nitrogens with zero attached hydrogens (tertiary/aromatic N) is 4. The van der Waals surface area contributed by atoms with E-state index in [1.807, 2.05) is 47.4 Å². The summed E-state index contributed by atoms with van der Waals surface area (Å²) in [7, 11) is 0. The summed E-state index contributed by atoms with van der Waals surface area (Å²) >= 11 is 1.39. The van der Waals surface area contributed by atoms with E-state index in [9.17, 15) is 9.59 Å². The van der Waals surface area contributed by atoms with Gasteiger partial charge in [0.1, 0.15) is 5.82 Å². The van der Waals surface area contributed by atoms with Gasteiger partial charge in [-0.3, -0.25) is 14.9 Å². The normalized spacial score (nSPS) is 16.1. The number of pyridine rings is 1. The molecule has 2 amide bonds. The number of imidazole rings is 1. The number of benzene rings is 1. The number of carbonyl (C=O) groups excluding carboxylic acids is 2. The Morgan fingerprint density at radius 2 is 2.00 bits per heavy atom. The lowest BCUT2D eigenvalue weighted by atomic mass is 10.1. The molecule has 1 aromatic carbocycles. The van der Waals surface area contributed by atoms with E-state index in [0.29, 0.717) is 29.7 Å². The summed E-state index contributed by atoms with van der Waals surface area (Å²) in [4.78, 5) is 37.5. The number of carbonyl (C=O) groups is 2. The van der Waals surface area contributed by atoms with Crippen LogP contribution < -0.4 is 11.1 Å². The van der Waals surface area contributed by atoms with E-state index in [1.165, 1.54) is 17.4 Å². The second kappa shape index (κ2) is 9.71. The van der Waals surface area contributed by atoms with E-state index in [4.69, 9.17) is 10.7 Å². The summed E-state index contributed by atoms with van der Waals surface area (Å²) in [6.07, 6.45) is 5.55. The number of nitrogens with one attached hydrogen (secondary N) is 1. The van der Waals surface area contributed by atoms with Gasteiger partial charge in [-0.15, -0.1) is 11.3 Å². The van der Waals surface area contributed by atoms with Crippen molar-refractivity contribution in [2.75, 3.05) is 24.1 Å². The first kappa shape index (κ1) is 22.8. The molecule has 5 rings (SSSR count). The summed E-state index contributed by atoms with van der Waals surface area (Å²) in [5.41, 5.74) is 8.52. The van der Waals surface area contributed by atoms with Gasteiger partial charge in [-0.2, -0.15) is 0 Å². The molecule has 178 valence electrons. The molecule has 4 heterocycles. The molecule has 0 aliphatic carbocycles. The van der Waals surface area contributed by atoms with Gasteiger partial charge in [0.2, 0.25) is 11.9 Å². The van der Waals surface area contributed by atoms with Crippen LogP contribution in [0.3, 0.4) is 0 Å². The van der Waals surface area contributed by atoms with Gasteiger partial charge in [0, 0.05) is 30.2 Å². The molecule has 35 heavy (non-hydrogen) atoms. The standard InChI is InChI=1S/C26H26N6O2S/c1-2-24(33)31-14-5-6-18(12-15-31)32-20-8-4-3-7-19(20)29-26(32)30-25(34)22-10-9-21(35-22)17-11-13-28-23(27)16-17/h2-4,7-11,13,16,18H,1,5-6,12,14-15H2,(H2,27,28)(H,29,30,34)/t18-/m1/s1. The fourth-order valence-corrected chi connectivity index (χ4v) is 5.47. The van der Waals surface area contributed by atoms with Gasteiger partial charge in [0.15, 0.2) is 0 Å². The first-order valence-electron chi connectivity index (χ1n) is 11.5. The van der Waals surface area contributed by atoms with Crippen molar-refractivity contribution in [3.05, 3.63) is 72.3 Å². The van der Waals surface area contributed by atoms with E-state index in [2.05, 4.69) is 21.4 Å². The molecule has 0 saturated carbocycles. The molecule has 9 heteroatoms. The number of aromatic nitrogens is 3. The summed E-state index contributed by atoms with van der Waals surface area (Å²) in [6.45, 7) is 4.95. The van der Waals surface area contributed by atoms with E-state index < -0.39 is 0 Å². The van der Waals surface area contributed by atoms with Crippen LogP contribution in [0.15, 0.2) is 67.4 Å². The Morgan fingerprint density at radius 3 is 2.83 bits per heavy atom. The summed E-state index contributed by atoms with van der Waals surface area (Å²) in [5.74, 6) is 0.705. The second-order valence-electron chi connectivity index (χ2n) is 8.50. The highest BCUT2D eigenvalue weighted by Crippen LogP contribution is 2.33. The molecule has 3 N–H and O–H groups in total. The third kappa shape index (κ3) is 4.67. The van der Waals surface area contributed by atoms with Crippen LogP contribution in [0.25, 0.3) is 21.5 Å². The Morgan fingerprint density at radius 1 is 1.14 bits per heavy atom. The van der Waals surface area contributed by atoms with Gasteiger partial charge in [0.05, 0.1) is 15.9 Å². The molecule has 0 radical (unpaired) electrons. The van der Waals surface area contributed by atoms with Crippen LogP contribution in [0.5, 0.6) is 0 Å². The number of anilines is 2. The van der Waals surface area contributed by atoms with Crippen LogP contribution in [0.1, 0.15) is 35.0 Å². The minimum Gasteiger partial charge on any atom is -0.384 e. The zero-order valence-electron chi connectivity index (χ0n) is 19.2. The lowest BCUT2D eigenvalue weighted by Gasteiger charge is -2.21. The minimum absolute atomic E-state index is 0.0425. The molecule has 3 aromatic heterocycles. The topological polar surface area (TPSA) is 106 Å². The minimum atomic E-state index is -0.211. The average Bonchev–Trinajstić information content (AvgIpc) is 3.42. The average molecular weight is 487 g/mol. The number of rotatable bonds is 5. The van der Waals surface area contributed by atoms with Crippen molar-refractivity contribution in [3.63, 3.8) is 0 Å². The van der Waals surface area contributed by atoms with Gasteiger partial charge in [-0.1, -0.05) is 18.7 Å². The summed E-state index contributed by atoms with van der Waals surface area (Å²) < 4.78 is 2.12. The van der Waals surface area contributed by atoms with Gasteiger partial charge < -0.3 is 15.2 Å². The van der Waals surface area contributed by atoms with Crippen molar-refractivity contribution in [2.45, 2.75) is 25.3 Å². The maximum atomic E-state index is 13.2. The van der Waals surface area contributed by atoms with Crippen molar-refractivity contribution in [1.82, 2.24) is 19.4 Å². The van der Waals surface area contributed by atoms with Crippen LogP contribution in [-0.4, -0.2) is 44.3 Å². The predicted molar refractivity (Wildman–Crippen MR) is 139 cm³/mol. The largest absolute Gasteiger partial charge is 0.384 e. The third-order valence-corrected chi connectivity index (χ3v) is 7.40. The van der Waals surface area contributed by atoms with Crippen LogP contribution in [-0.2, 0) is 4.79 Å². The highest BCUT2D eigenvalue weighted by Gasteiger charge is 2.25. The van der Waals surface area contributed by atoms with Crippen LogP contribution in [0.2, 0.25) is 0 Å². The Bertz CT molecular complexity index is 1410. The van der Waals surface area contributed by atoms with Gasteiger partial charge in [0.25, 0.3) is 5.91 Å². The monoisotopic (exact) mass is 486 g/mol. The maximum Gasteiger partial charge on any atom is 0.268 e. The van der Waals surface area contributed by atoms with E-state index in [1.54, 1.807) is 12.3 Å². The van der Waals surface area contributed by atoms with Crippen molar-refractivity contribution in [2.24, 2.45) is 0 Å². The number of nitrogen functional groups attached to an aromatic ring is 1. The van der Waals surface area contributed by atoms with E-state index >= 15 is 0 Å². The van der Waals surface area contributed by atoms with Crippen LogP contribution in [0, 0.1) is 0 Å². The van der Waals surface area contributed by atoms with Gasteiger partial charge >= 0.3 is 0 Å². The molecule has 8 nitrogen and oxygen atoms in total. The molecule has 0 unspecified atom stereocenters. The fraction of sp³-hybridized carbons (Fsp3) is 0.231. The Hall–Kier alpha value is -3.98. The van der Waals surface area contributed by atoms with Crippen molar-refractivity contribution in [3.8, 4) is 10.4 Å². The van der Waals surface area contributed by atoms with Crippen LogP contribution in [0.4, 0.5) is 11.8 Å². The zero-order valence-corrected chi connectivity index (χ0v) is 20.0. The van der Waals surface area contributed by atoms with Crippen molar-refractivity contribution < 1.29 is 9.59 Å². The molecule has 1 saturated heterocycles. The number of hydrogen-bond donors (Lipinski definition) is 2. The molecule has 0 spiro atoms. The first-order valence-corrected chi connectivity index (χ1v) is 12.4. The Labute approximate surface area is 207 Å². The number of hydrogen-bond acceptors (Lipinski definition) is 6. The highest BCUT2D eigenvalue weighted by molar-refractivity contribution is 7.17. The zero-order chi connectivity index (χ0) is 24.4. The molecule has 1 fully saturated rings. The number of thiophene rings is 1. The summed E-state index contributed by atoms with van der Waals surface area (Å²) in [6, 6.07) is 15.4. The number of fused-ring (bicyclic) bond motifs is 1. The molecule has 1 atom stereocenters. The Balaban J connectivity index is 1.42. The fourth-order valence-electron chi connectivity index (χ4n) is 4.57. The Kier molecular flexibility index (Phi) is 6.33. The predicted octanol–water partition coefficient (Wildman–Crippen LogP) is 4.73. The third-order valence-electron chi connectivity index (χ3n) is 6.27. The number of amides is 2. The second-order valence-corrected chi connectivity index (χ2v) is 9.58. The number of nitrogens with two attached hydrogens (primary N) is 1. The molecular weight excluding hydrogens is 460 g/mol. The van der Waals surface area contributed by atoms with Crippen molar-refractivity contribution in [1.29, 1.82) is 0 Å². The highest BCUT2D eigenvalue weighted by atomic mass is 32.1. The van der Waals surface area contributed by atoms with Gasteiger partial charge in [-0.05, 0) is 67.3 Å².